The van der Waals surface area contributed by atoms with Gasteiger partial charge in [0.1, 0.15) is 0 Å². The smallest absolute Gasteiger partial charge is 0.227 e. The molecule has 3 aromatic rings. The first-order chi connectivity index (χ1) is 14.1. The van der Waals surface area contributed by atoms with E-state index in [4.69, 9.17) is 4.52 Å². The van der Waals surface area contributed by atoms with Gasteiger partial charge in [0, 0.05) is 29.8 Å². The van der Waals surface area contributed by atoms with Crippen LogP contribution in [0, 0.1) is 0 Å². The van der Waals surface area contributed by atoms with Gasteiger partial charge >= 0.3 is 0 Å². The molecule has 3 rings (SSSR count). The summed E-state index contributed by atoms with van der Waals surface area (Å²) in [4.78, 5) is 17.7. The Kier molecular flexibility index (Phi) is 7.87. The van der Waals surface area contributed by atoms with Crippen LogP contribution in [0.4, 0.5) is 0 Å². The molecule has 0 aliphatic rings. The van der Waals surface area contributed by atoms with Crippen LogP contribution in [-0.2, 0) is 11.2 Å². The number of aromatic nitrogens is 2. The molecule has 0 saturated heterocycles. The van der Waals surface area contributed by atoms with E-state index in [0.717, 1.165) is 17.7 Å². The molecule has 0 fully saturated rings. The van der Waals surface area contributed by atoms with Crippen molar-refractivity contribution in [3.63, 3.8) is 0 Å². The summed E-state index contributed by atoms with van der Waals surface area (Å²) in [5.41, 5.74) is 2.20. The maximum atomic E-state index is 12.0. The lowest BCUT2D eigenvalue weighted by Crippen LogP contribution is -2.25. The van der Waals surface area contributed by atoms with Crippen LogP contribution in [0.25, 0.3) is 11.4 Å². The van der Waals surface area contributed by atoms with Gasteiger partial charge in [-0.1, -0.05) is 61.5 Å². The van der Waals surface area contributed by atoms with Gasteiger partial charge < -0.3 is 9.84 Å². The number of hydrogen-bond donors (Lipinski definition) is 1. The number of nitrogens with one attached hydrogen (secondary N) is 1. The maximum Gasteiger partial charge on any atom is 0.227 e. The lowest BCUT2D eigenvalue weighted by Gasteiger charge is -2.04. The molecule has 2 aromatic carbocycles. The molecule has 0 aliphatic carbocycles. The fourth-order valence-electron chi connectivity index (χ4n) is 2.81. The molecule has 1 aromatic heterocycles. The summed E-state index contributed by atoms with van der Waals surface area (Å²) in [6, 6.07) is 18.5. The van der Waals surface area contributed by atoms with Crippen LogP contribution in [-0.4, -0.2) is 28.3 Å². The van der Waals surface area contributed by atoms with Crippen LogP contribution in [0.2, 0.25) is 0 Å². The Balaban J connectivity index is 1.36. The van der Waals surface area contributed by atoms with E-state index < -0.39 is 0 Å². The van der Waals surface area contributed by atoms with Crippen molar-refractivity contribution >= 4 is 17.7 Å². The standard InChI is InChI=1S/C23H27N3O2S/c1-17(2)18-9-11-19(12-10-18)23-25-22(28-26-23)14-13-21(27)24-15-6-16-29-20-7-4-3-5-8-20/h3-5,7-12,17H,6,13-16H2,1-2H3,(H,24,27). The Bertz CT molecular complexity index is 892. The number of aryl methyl sites for hydroxylation is 1. The summed E-state index contributed by atoms with van der Waals surface area (Å²) < 4.78 is 5.29. The Labute approximate surface area is 176 Å². The highest BCUT2D eigenvalue weighted by molar-refractivity contribution is 7.99. The van der Waals surface area contributed by atoms with Gasteiger partial charge in [0.2, 0.25) is 17.6 Å². The number of hydrogen-bond acceptors (Lipinski definition) is 5. The number of thioether (sulfide) groups is 1. The summed E-state index contributed by atoms with van der Waals surface area (Å²) >= 11 is 1.80. The van der Waals surface area contributed by atoms with E-state index in [1.165, 1.54) is 10.5 Å². The molecule has 5 nitrogen and oxygen atoms in total. The van der Waals surface area contributed by atoms with Crippen molar-refractivity contribution in [2.75, 3.05) is 12.3 Å². The first-order valence-corrected chi connectivity index (χ1v) is 11.0. The number of carbonyl (C=O) groups is 1. The quantitative estimate of drug-likeness (QED) is 0.373. The highest BCUT2D eigenvalue weighted by atomic mass is 32.2. The molecule has 0 atom stereocenters. The van der Waals surface area contributed by atoms with Crippen LogP contribution in [0.5, 0.6) is 0 Å². The highest BCUT2D eigenvalue weighted by Gasteiger charge is 2.11. The number of amides is 1. The van der Waals surface area contributed by atoms with E-state index in [1.807, 2.05) is 30.3 Å². The van der Waals surface area contributed by atoms with Crippen LogP contribution in [0.1, 0.15) is 44.1 Å². The molecule has 0 radical (unpaired) electrons. The number of rotatable bonds is 10. The van der Waals surface area contributed by atoms with Crippen molar-refractivity contribution in [1.29, 1.82) is 0 Å². The molecule has 0 aliphatic heterocycles. The van der Waals surface area contributed by atoms with Crippen molar-refractivity contribution in [2.45, 2.75) is 43.9 Å². The third-order valence-corrected chi connectivity index (χ3v) is 5.62. The topological polar surface area (TPSA) is 68.0 Å². The average molecular weight is 410 g/mol. The van der Waals surface area contributed by atoms with Crippen molar-refractivity contribution in [2.24, 2.45) is 0 Å². The van der Waals surface area contributed by atoms with Crippen LogP contribution in [0.3, 0.4) is 0 Å². The van der Waals surface area contributed by atoms with Crippen molar-refractivity contribution in [3.8, 4) is 11.4 Å². The SMILES string of the molecule is CC(C)c1ccc(-c2noc(CCC(=O)NCCCSc3ccccc3)n2)cc1. The minimum absolute atomic E-state index is 0.00995. The largest absolute Gasteiger partial charge is 0.356 e. The predicted molar refractivity (Wildman–Crippen MR) is 117 cm³/mol. The lowest BCUT2D eigenvalue weighted by atomic mass is 10.0. The van der Waals surface area contributed by atoms with Crippen molar-refractivity contribution in [1.82, 2.24) is 15.5 Å². The summed E-state index contributed by atoms with van der Waals surface area (Å²) in [6.07, 6.45) is 1.73. The van der Waals surface area contributed by atoms with E-state index >= 15 is 0 Å². The Hall–Kier alpha value is -2.60. The maximum absolute atomic E-state index is 12.0. The fraction of sp³-hybridized carbons (Fsp3) is 0.348. The average Bonchev–Trinajstić information content (AvgIpc) is 3.22. The Morgan fingerprint density at radius 3 is 2.59 bits per heavy atom. The molecule has 1 heterocycles. The molecule has 1 amide bonds. The van der Waals surface area contributed by atoms with Gasteiger partial charge in [-0.3, -0.25) is 4.79 Å². The van der Waals surface area contributed by atoms with E-state index in [9.17, 15) is 4.79 Å². The summed E-state index contributed by atoms with van der Waals surface area (Å²) in [7, 11) is 0. The van der Waals surface area contributed by atoms with Gasteiger partial charge in [0.15, 0.2) is 0 Å². The zero-order valence-corrected chi connectivity index (χ0v) is 17.7. The van der Waals surface area contributed by atoms with Crippen LogP contribution >= 0.6 is 11.8 Å². The van der Waals surface area contributed by atoms with Crippen LogP contribution in [0.15, 0.2) is 64.0 Å². The minimum Gasteiger partial charge on any atom is -0.356 e. The summed E-state index contributed by atoms with van der Waals surface area (Å²) in [6.45, 7) is 5.00. The molecule has 0 spiro atoms. The zero-order chi connectivity index (χ0) is 20.5. The molecule has 6 heteroatoms. The van der Waals surface area contributed by atoms with E-state index in [-0.39, 0.29) is 5.91 Å². The zero-order valence-electron chi connectivity index (χ0n) is 16.9. The monoisotopic (exact) mass is 409 g/mol. The van der Waals surface area contributed by atoms with E-state index in [2.05, 4.69) is 53.6 Å². The van der Waals surface area contributed by atoms with Crippen molar-refractivity contribution < 1.29 is 9.32 Å². The first-order valence-electron chi connectivity index (χ1n) is 9.99. The second-order valence-corrected chi connectivity index (χ2v) is 8.32. The molecule has 0 unspecified atom stereocenters. The van der Waals surface area contributed by atoms with E-state index in [1.54, 1.807) is 11.8 Å². The third kappa shape index (κ3) is 6.75. The van der Waals surface area contributed by atoms with Gasteiger partial charge in [0.05, 0.1) is 0 Å². The summed E-state index contributed by atoms with van der Waals surface area (Å²) in [5.74, 6) is 2.53. The van der Waals surface area contributed by atoms with Crippen molar-refractivity contribution in [3.05, 3.63) is 66.1 Å². The first kappa shape index (κ1) is 21.1. The Morgan fingerprint density at radius 2 is 1.86 bits per heavy atom. The Morgan fingerprint density at radius 1 is 1.10 bits per heavy atom. The molecule has 29 heavy (non-hydrogen) atoms. The molecular weight excluding hydrogens is 382 g/mol. The number of nitrogens with zero attached hydrogens (tertiary/aromatic N) is 2. The predicted octanol–water partition coefficient (Wildman–Crippen LogP) is 5.09. The fourth-order valence-corrected chi connectivity index (χ4v) is 3.68. The third-order valence-electron chi connectivity index (χ3n) is 4.52. The molecule has 152 valence electrons. The second kappa shape index (κ2) is 10.8. The van der Waals surface area contributed by atoms with E-state index in [0.29, 0.717) is 37.0 Å². The number of benzene rings is 2. The lowest BCUT2D eigenvalue weighted by molar-refractivity contribution is -0.121. The number of carbonyl (C=O) groups excluding carboxylic acids is 1. The van der Waals surface area contributed by atoms with Gasteiger partial charge in [-0.15, -0.1) is 11.8 Å². The molecule has 0 bridgehead atoms. The van der Waals surface area contributed by atoms with Gasteiger partial charge in [-0.25, -0.2) is 0 Å². The second-order valence-electron chi connectivity index (χ2n) is 7.15. The van der Waals surface area contributed by atoms with Crippen LogP contribution < -0.4 is 5.32 Å². The normalized spacial score (nSPS) is 11.0. The van der Waals surface area contributed by atoms with Gasteiger partial charge in [-0.05, 0) is 35.8 Å². The summed E-state index contributed by atoms with van der Waals surface area (Å²) in [5, 5.41) is 6.99. The van der Waals surface area contributed by atoms with Gasteiger partial charge in [0.25, 0.3) is 0 Å². The van der Waals surface area contributed by atoms with Gasteiger partial charge in [-0.2, -0.15) is 4.98 Å². The molecule has 0 saturated carbocycles. The molecular formula is C23H27N3O2S. The minimum atomic E-state index is 0.00995. The highest BCUT2D eigenvalue weighted by Crippen LogP contribution is 2.21. The molecule has 1 N–H and O–H groups in total.